The van der Waals surface area contributed by atoms with Crippen LogP contribution in [0.15, 0.2) is 18.2 Å². The number of hydrogen-bond acceptors (Lipinski definition) is 4. The number of benzene rings is 1. The van der Waals surface area contributed by atoms with Crippen LogP contribution in [0.1, 0.15) is 24.2 Å². The van der Waals surface area contributed by atoms with E-state index in [1.807, 2.05) is 13.8 Å². The second-order valence-electron chi connectivity index (χ2n) is 4.61. The fourth-order valence-electron chi connectivity index (χ4n) is 1.36. The third kappa shape index (κ3) is 3.63. The number of methoxy groups -OCH3 is 2. The fourth-order valence-corrected chi connectivity index (χ4v) is 1.36. The van der Waals surface area contributed by atoms with Gasteiger partial charge >= 0.3 is 0 Å². The first-order valence-electron chi connectivity index (χ1n) is 5.66. The molecule has 100 valence electrons. The number of anilines is 1. The van der Waals surface area contributed by atoms with Crippen LogP contribution in [0.2, 0.25) is 0 Å². The molecule has 0 saturated carbocycles. The van der Waals surface area contributed by atoms with Crippen LogP contribution < -0.4 is 15.8 Å². The molecule has 0 aliphatic carbocycles. The fraction of sp³-hybridized carbons (Fsp3) is 0.462. The van der Waals surface area contributed by atoms with Gasteiger partial charge in [0.05, 0.1) is 18.3 Å². The first kappa shape index (κ1) is 14.3. The number of ether oxygens (including phenoxy) is 2. The van der Waals surface area contributed by atoms with Crippen LogP contribution in [0.4, 0.5) is 5.69 Å². The van der Waals surface area contributed by atoms with Crippen LogP contribution in [-0.2, 0) is 4.74 Å². The molecule has 0 bridgehead atoms. The van der Waals surface area contributed by atoms with E-state index in [4.69, 9.17) is 15.2 Å². The molecule has 0 atom stereocenters. The van der Waals surface area contributed by atoms with Gasteiger partial charge in [-0.15, -0.1) is 0 Å². The van der Waals surface area contributed by atoms with Gasteiger partial charge in [-0.25, -0.2) is 0 Å². The second-order valence-corrected chi connectivity index (χ2v) is 4.61. The zero-order valence-corrected chi connectivity index (χ0v) is 11.2. The Labute approximate surface area is 107 Å². The van der Waals surface area contributed by atoms with E-state index in [9.17, 15) is 4.79 Å². The van der Waals surface area contributed by atoms with E-state index in [0.717, 1.165) is 0 Å². The molecule has 5 nitrogen and oxygen atoms in total. The monoisotopic (exact) mass is 252 g/mol. The van der Waals surface area contributed by atoms with Crippen LogP contribution in [-0.4, -0.2) is 32.3 Å². The molecule has 0 fully saturated rings. The maximum Gasteiger partial charge on any atom is 0.255 e. The van der Waals surface area contributed by atoms with Crippen molar-refractivity contribution in [1.29, 1.82) is 0 Å². The molecule has 1 rings (SSSR count). The highest BCUT2D eigenvalue weighted by Crippen LogP contribution is 2.21. The summed E-state index contributed by atoms with van der Waals surface area (Å²) in [5, 5.41) is 2.79. The lowest BCUT2D eigenvalue weighted by Crippen LogP contribution is -2.39. The molecule has 0 aromatic heterocycles. The third-order valence-electron chi connectivity index (χ3n) is 2.70. The van der Waals surface area contributed by atoms with E-state index in [2.05, 4.69) is 5.32 Å². The molecule has 0 radical (unpaired) electrons. The number of nitrogen functional groups attached to an aromatic ring is 1. The van der Waals surface area contributed by atoms with Crippen LogP contribution in [0.25, 0.3) is 0 Å². The van der Waals surface area contributed by atoms with Crippen molar-refractivity contribution in [1.82, 2.24) is 5.32 Å². The number of nitrogens with two attached hydrogens (primary N) is 1. The Morgan fingerprint density at radius 2 is 2.06 bits per heavy atom. The number of nitrogens with one attached hydrogen (secondary N) is 1. The molecular formula is C13H20N2O3. The molecule has 1 aromatic carbocycles. The lowest BCUT2D eigenvalue weighted by molar-refractivity contribution is 0.0228. The van der Waals surface area contributed by atoms with E-state index in [-0.39, 0.29) is 5.91 Å². The lowest BCUT2D eigenvalue weighted by atomic mass is 10.1. The van der Waals surface area contributed by atoms with Gasteiger partial charge in [-0.2, -0.15) is 0 Å². The number of rotatable bonds is 5. The summed E-state index contributed by atoms with van der Waals surface area (Å²) >= 11 is 0. The minimum atomic E-state index is -0.413. The van der Waals surface area contributed by atoms with E-state index in [0.29, 0.717) is 23.5 Å². The summed E-state index contributed by atoms with van der Waals surface area (Å²) in [6.45, 7) is 4.19. The third-order valence-corrected chi connectivity index (χ3v) is 2.70. The zero-order chi connectivity index (χ0) is 13.8. The van der Waals surface area contributed by atoms with Crippen molar-refractivity contribution in [2.24, 2.45) is 0 Å². The second kappa shape index (κ2) is 5.73. The highest BCUT2D eigenvalue weighted by Gasteiger charge is 2.19. The smallest absolute Gasteiger partial charge is 0.255 e. The normalized spacial score (nSPS) is 11.1. The Hall–Kier alpha value is -1.75. The summed E-state index contributed by atoms with van der Waals surface area (Å²) in [7, 11) is 3.12. The van der Waals surface area contributed by atoms with Gasteiger partial charge < -0.3 is 20.5 Å². The first-order valence-corrected chi connectivity index (χ1v) is 5.66. The Balaban J connectivity index is 2.81. The van der Waals surface area contributed by atoms with E-state index in [1.54, 1.807) is 25.3 Å². The minimum Gasteiger partial charge on any atom is -0.496 e. The predicted molar refractivity (Wildman–Crippen MR) is 70.8 cm³/mol. The predicted octanol–water partition coefficient (Wildman–Crippen LogP) is 1.43. The molecule has 0 aliphatic heterocycles. The topological polar surface area (TPSA) is 73.6 Å². The van der Waals surface area contributed by atoms with Crippen LogP contribution in [0, 0.1) is 0 Å². The van der Waals surface area contributed by atoms with Crippen molar-refractivity contribution in [3.8, 4) is 5.75 Å². The van der Waals surface area contributed by atoms with Gasteiger partial charge in [0.25, 0.3) is 5.91 Å². The lowest BCUT2D eigenvalue weighted by Gasteiger charge is -2.23. The highest BCUT2D eigenvalue weighted by molar-refractivity contribution is 5.97. The molecule has 0 spiro atoms. The summed E-state index contributed by atoms with van der Waals surface area (Å²) < 4.78 is 10.4. The summed E-state index contributed by atoms with van der Waals surface area (Å²) in [6.07, 6.45) is 0. The van der Waals surface area contributed by atoms with Crippen molar-refractivity contribution in [3.63, 3.8) is 0 Å². The Morgan fingerprint density at radius 1 is 1.39 bits per heavy atom. The zero-order valence-electron chi connectivity index (χ0n) is 11.2. The van der Waals surface area contributed by atoms with Gasteiger partial charge in [-0.05, 0) is 32.0 Å². The van der Waals surface area contributed by atoms with Gasteiger partial charge in [-0.3, -0.25) is 4.79 Å². The number of amides is 1. The van der Waals surface area contributed by atoms with Gasteiger partial charge in [0.1, 0.15) is 5.75 Å². The molecule has 18 heavy (non-hydrogen) atoms. The number of carbonyl (C=O) groups excluding carboxylic acids is 1. The van der Waals surface area contributed by atoms with Crippen molar-refractivity contribution >= 4 is 11.6 Å². The molecule has 0 aliphatic rings. The molecule has 1 aromatic rings. The quantitative estimate of drug-likeness (QED) is 0.777. The van der Waals surface area contributed by atoms with Crippen molar-refractivity contribution in [2.45, 2.75) is 19.4 Å². The Morgan fingerprint density at radius 3 is 2.61 bits per heavy atom. The summed E-state index contributed by atoms with van der Waals surface area (Å²) in [5.74, 6) is 0.265. The summed E-state index contributed by atoms with van der Waals surface area (Å²) in [4.78, 5) is 12.0. The SMILES string of the molecule is COc1ccc(N)cc1C(=O)NCC(C)(C)OC. The minimum absolute atomic E-state index is 0.232. The van der Waals surface area contributed by atoms with E-state index >= 15 is 0 Å². The average Bonchev–Trinajstić information content (AvgIpc) is 2.36. The average molecular weight is 252 g/mol. The standard InChI is InChI=1S/C13H20N2O3/c1-13(2,18-4)8-15-12(16)10-7-9(14)5-6-11(10)17-3/h5-7H,8,14H2,1-4H3,(H,15,16). The van der Waals surface area contributed by atoms with Crippen LogP contribution >= 0.6 is 0 Å². The van der Waals surface area contributed by atoms with Gasteiger partial charge in [-0.1, -0.05) is 0 Å². The molecular weight excluding hydrogens is 232 g/mol. The molecule has 0 saturated heterocycles. The highest BCUT2D eigenvalue weighted by atomic mass is 16.5. The van der Waals surface area contributed by atoms with Crippen LogP contribution in [0.5, 0.6) is 5.75 Å². The maximum atomic E-state index is 12.0. The van der Waals surface area contributed by atoms with Crippen molar-refractivity contribution < 1.29 is 14.3 Å². The van der Waals surface area contributed by atoms with Gasteiger partial charge in [0.15, 0.2) is 0 Å². The number of carbonyl (C=O) groups is 1. The van der Waals surface area contributed by atoms with Crippen molar-refractivity contribution in [3.05, 3.63) is 23.8 Å². The molecule has 0 heterocycles. The molecule has 1 amide bonds. The summed E-state index contributed by atoms with van der Waals surface area (Å²) in [6, 6.07) is 4.95. The van der Waals surface area contributed by atoms with Crippen LogP contribution in [0.3, 0.4) is 0 Å². The van der Waals surface area contributed by atoms with Gasteiger partial charge in [0, 0.05) is 19.3 Å². The van der Waals surface area contributed by atoms with Crippen molar-refractivity contribution in [2.75, 3.05) is 26.5 Å². The van der Waals surface area contributed by atoms with E-state index < -0.39 is 5.60 Å². The first-order chi connectivity index (χ1) is 8.39. The Bertz CT molecular complexity index is 430. The Kier molecular flexibility index (Phi) is 4.55. The molecule has 3 N–H and O–H groups in total. The maximum absolute atomic E-state index is 12.0. The number of hydrogen-bond donors (Lipinski definition) is 2. The van der Waals surface area contributed by atoms with Gasteiger partial charge in [0.2, 0.25) is 0 Å². The van der Waals surface area contributed by atoms with E-state index in [1.165, 1.54) is 7.11 Å². The largest absolute Gasteiger partial charge is 0.496 e. The molecule has 0 unspecified atom stereocenters. The molecule has 5 heteroatoms. The summed E-state index contributed by atoms with van der Waals surface area (Å²) in [5.41, 5.74) is 6.20.